The lowest BCUT2D eigenvalue weighted by atomic mass is 10.0. The van der Waals surface area contributed by atoms with Crippen molar-refractivity contribution in [3.05, 3.63) is 89.6 Å². The van der Waals surface area contributed by atoms with Crippen molar-refractivity contribution in [3.63, 3.8) is 0 Å². The maximum Gasteiger partial charge on any atom is 0.335 e. The first-order valence-electron chi connectivity index (χ1n) is 12.1. The van der Waals surface area contributed by atoms with E-state index in [9.17, 15) is 14.7 Å². The molecule has 4 rings (SSSR count). The van der Waals surface area contributed by atoms with Crippen LogP contribution < -0.4 is 4.90 Å². The molecule has 2 aromatic carbocycles. The number of hydrogen-bond donors (Lipinski definition) is 1. The van der Waals surface area contributed by atoms with E-state index in [1.807, 2.05) is 54.7 Å². The Bertz CT molecular complexity index is 1100. The average molecular weight is 475 g/mol. The van der Waals surface area contributed by atoms with Crippen molar-refractivity contribution < 1.29 is 14.7 Å². The molecule has 184 valence electrons. The van der Waals surface area contributed by atoms with E-state index in [1.165, 1.54) is 0 Å². The summed E-state index contributed by atoms with van der Waals surface area (Å²) in [5.74, 6) is -0.895. The monoisotopic (exact) mass is 474 g/mol. The Kier molecular flexibility index (Phi) is 7.68. The molecule has 0 bridgehead atoms. The third-order valence-corrected chi connectivity index (χ3v) is 6.72. The summed E-state index contributed by atoms with van der Waals surface area (Å²) in [6.45, 7) is 8.24. The number of carbonyl (C=O) groups excluding carboxylic acids is 1. The summed E-state index contributed by atoms with van der Waals surface area (Å²) in [6.07, 6.45) is 5.28. The van der Waals surface area contributed by atoms with Crippen LogP contribution in [0, 0.1) is 0 Å². The number of allylic oxidation sites excluding steroid dienone is 2. The van der Waals surface area contributed by atoms with E-state index in [4.69, 9.17) is 0 Å². The van der Waals surface area contributed by atoms with Crippen LogP contribution in [-0.2, 0) is 11.3 Å². The number of benzene rings is 2. The molecule has 2 aromatic rings. The van der Waals surface area contributed by atoms with Gasteiger partial charge >= 0.3 is 5.97 Å². The fourth-order valence-corrected chi connectivity index (χ4v) is 4.78. The molecule has 35 heavy (non-hydrogen) atoms. The number of rotatable bonds is 7. The summed E-state index contributed by atoms with van der Waals surface area (Å²) in [5, 5.41) is 9.77. The molecular formula is C28H34N4O3. The molecule has 2 aliphatic rings. The van der Waals surface area contributed by atoms with Gasteiger partial charge in [0.05, 0.1) is 5.57 Å². The number of carbonyl (C=O) groups is 2. The molecule has 0 radical (unpaired) electrons. The first-order valence-corrected chi connectivity index (χ1v) is 12.1. The Labute approximate surface area is 207 Å². The fourth-order valence-electron chi connectivity index (χ4n) is 4.78. The van der Waals surface area contributed by atoms with Crippen LogP contribution in [0.3, 0.4) is 0 Å². The van der Waals surface area contributed by atoms with Crippen LogP contribution in [0.25, 0.3) is 0 Å². The third-order valence-electron chi connectivity index (χ3n) is 6.72. The Morgan fingerprint density at radius 3 is 2.40 bits per heavy atom. The van der Waals surface area contributed by atoms with E-state index in [0.29, 0.717) is 11.1 Å². The summed E-state index contributed by atoms with van der Waals surface area (Å²) in [5.41, 5.74) is 3.11. The molecule has 2 aliphatic heterocycles. The summed E-state index contributed by atoms with van der Waals surface area (Å²) < 4.78 is 0. The van der Waals surface area contributed by atoms with Gasteiger partial charge in [-0.2, -0.15) is 0 Å². The van der Waals surface area contributed by atoms with Gasteiger partial charge in [-0.1, -0.05) is 30.3 Å². The summed E-state index contributed by atoms with van der Waals surface area (Å²) >= 11 is 0. The van der Waals surface area contributed by atoms with Crippen LogP contribution in [-0.4, -0.2) is 77.1 Å². The van der Waals surface area contributed by atoms with Gasteiger partial charge in [0, 0.05) is 63.3 Å². The summed E-state index contributed by atoms with van der Waals surface area (Å²) in [4.78, 5) is 33.2. The zero-order valence-corrected chi connectivity index (χ0v) is 20.7. The van der Waals surface area contributed by atoms with E-state index in [-0.39, 0.29) is 18.1 Å². The second-order valence-corrected chi connectivity index (χ2v) is 9.40. The molecule has 2 heterocycles. The highest BCUT2D eigenvalue weighted by Gasteiger charge is 2.35. The van der Waals surface area contributed by atoms with E-state index >= 15 is 0 Å². The molecule has 0 aromatic heterocycles. The Hall–Kier alpha value is -3.42. The second kappa shape index (κ2) is 10.9. The van der Waals surface area contributed by atoms with Crippen LogP contribution in [0.4, 0.5) is 5.69 Å². The van der Waals surface area contributed by atoms with Crippen molar-refractivity contribution in [2.45, 2.75) is 32.6 Å². The van der Waals surface area contributed by atoms with E-state index in [1.54, 1.807) is 18.0 Å². The number of amides is 1. The van der Waals surface area contributed by atoms with Gasteiger partial charge in [0.15, 0.2) is 0 Å². The average Bonchev–Trinajstić information content (AvgIpc) is 2.88. The highest BCUT2D eigenvalue weighted by molar-refractivity contribution is 6.05. The largest absolute Gasteiger partial charge is 0.478 e. The molecule has 0 spiro atoms. The first kappa shape index (κ1) is 24.7. The van der Waals surface area contributed by atoms with Crippen LogP contribution in [0.15, 0.2) is 78.5 Å². The third kappa shape index (κ3) is 5.63. The van der Waals surface area contributed by atoms with E-state index in [2.05, 4.69) is 40.7 Å². The van der Waals surface area contributed by atoms with Crippen molar-refractivity contribution in [1.29, 1.82) is 0 Å². The second-order valence-electron chi connectivity index (χ2n) is 9.40. The Morgan fingerprint density at radius 1 is 1.03 bits per heavy atom. The zero-order chi connectivity index (χ0) is 24.9. The highest BCUT2D eigenvalue weighted by Crippen LogP contribution is 2.25. The predicted octanol–water partition coefficient (Wildman–Crippen LogP) is 3.66. The standard InChI is InChI=1S/C28H34N4O3/c1-21(2)32-14-8-13-25(28(34)35)26(32)31-17-15-30(16-18-31)20-22-9-7-12-24(19-22)29(3)27(33)23-10-5-4-6-11-23/h4-14,19,21,26H,15-18,20H2,1-3H3,(H,34,35). The smallest absolute Gasteiger partial charge is 0.335 e. The summed E-state index contributed by atoms with van der Waals surface area (Å²) in [7, 11) is 1.81. The van der Waals surface area contributed by atoms with Gasteiger partial charge in [-0.05, 0) is 55.8 Å². The highest BCUT2D eigenvalue weighted by atomic mass is 16.4. The SMILES string of the molecule is CC(C)N1C=CC=C(C(=O)O)C1N1CCN(Cc2cccc(N(C)C(=O)c3ccccc3)c2)CC1. The molecule has 1 atom stereocenters. The number of hydrogen-bond acceptors (Lipinski definition) is 5. The quantitative estimate of drug-likeness (QED) is 0.661. The van der Waals surface area contributed by atoms with Crippen molar-refractivity contribution in [2.75, 3.05) is 38.1 Å². The van der Waals surface area contributed by atoms with Crippen molar-refractivity contribution in [1.82, 2.24) is 14.7 Å². The van der Waals surface area contributed by atoms with Crippen LogP contribution in [0.2, 0.25) is 0 Å². The number of carboxylic acid groups (broad SMARTS) is 1. The number of anilines is 1. The number of aliphatic carboxylic acids is 1. The lowest BCUT2D eigenvalue weighted by Crippen LogP contribution is -2.57. The lowest BCUT2D eigenvalue weighted by molar-refractivity contribution is -0.134. The van der Waals surface area contributed by atoms with Crippen LogP contribution >= 0.6 is 0 Å². The molecule has 1 fully saturated rings. The zero-order valence-electron chi connectivity index (χ0n) is 20.7. The number of carboxylic acids is 1. The minimum atomic E-state index is -0.863. The van der Waals surface area contributed by atoms with Gasteiger partial charge in [-0.15, -0.1) is 0 Å². The summed E-state index contributed by atoms with van der Waals surface area (Å²) in [6, 6.07) is 17.6. The van der Waals surface area contributed by atoms with Crippen molar-refractivity contribution >= 4 is 17.6 Å². The van der Waals surface area contributed by atoms with Gasteiger partial charge in [0.25, 0.3) is 5.91 Å². The van der Waals surface area contributed by atoms with Gasteiger partial charge in [-0.25, -0.2) is 4.79 Å². The minimum absolute atomic E-state index is 0.0325. The molecule has 7 nitrogen and oxygen atoms in total. The molecule has 1 N–H and O–H groups in total. The van der Waals surface area contributed by atoms with Crippen LogP contribution in [0.5, 0.6) is 0 Å². The number of nitrogens with zero attached hydrogens (tertiary/aromatic N) is 4. The molecule has 0 saturated carbocycles. The van der Waals surface area contributed by atoms with Gasteiger partial charge in [0.2, 0.25) is 0 Å². The minimum Gasteiger partial charge on any atom is -0.478 e. The lowest BCUT2D eigenvalue weighted by Gasteiger charge is -2.46. The number of piperazine rings is 1. The first-order chi connectivity index (χ1) is 16.8. The topological polar surface area (TPSA) is 67.3 Å². The van der Waals surface area contributed by atoms with Gasteiger partial charge in [-0.3, -0.25) is 14.6 Å². The van der Waals surface area contributed by atoms with E-state index < -0.39 is 5.97 Å². The molecule has 1 unspecified atom stereocenters. The van der Waals surface area contributed by atoms with Crippen molar-refractivity contribution in [3.8, 4) is 0 Å². The van der Waals surface area contributed by atoms with Gasteiger partial charge in [0.1, 0.15) is 6.17 Å². The maximum absolute atomic E-state index is 12.8. The fraction of sp³-hybridized carbons (Fsp3) is 0.357. The Balaban J connectivity index is 1.39. The normalized spacial score (nSPS) is 19.0. The van der Waals surface area contributed by atoms with E-state index in [0.717, 1.165) is 44.0 Å². The van der Waals surface area contributed by atoms with Gasteiger partial charge < -0.3 is 14.9 Å². The predicted molar refractivity (Wildman–Crippen MR) is 138 cm³/mol. The van der Waals surface area contributed by atoms with Crippen LogP contribution in [0.1, 0.15) is 29.8 Å². The molecule has 1 amide bonds. The molecule has 1 saturated heterocycles. The molecular weight excluding hydrogens is 440 g/mol. The molecule has 7 heteroatoms. The maximum atomic E-state index is 12.8. The van der Waals surface area contributed by atoms with Crippen molar-refractivity contribution in [2.24, 2.45) is 0 Å². The Morgan fingerprint density at radius 2 is 1.74 bits per heavy atom. The molecule has 0 aliphatic carbocycles.